The zero-order valence-corrected chi connectivity index (χ0v) is 22.0. The van der Waals surface area contributed by atoms with E-state index in [9.17, 15) is 0 Å². The molecule has 6 rings (SSSR count). The molecule has 4 aliphatic rings. The van der Waals surface area contributed by atoms with Gasteiger partial charge in [0.1, 0.15) is 0 Å². The van der Waals surface area contributed by atoms with Crippen molar-refractivity contribution in [3.05, 3.63) is 106 Å². The topological polar surface area (TPSA) is 0 Å². The highest BCUT2D eigenvalue weighted by Crippen LogP contribution is 2.41. The van der Waals surface area contributed by atoms with Crippen molar-refractivity contribution in [1.82, 2.24) is 0 Å². The maximum atomic E-state index is 4.62. The van der Waals surface area contributed by atoms with Gasteiger partial charge in [0.05, 0.1) is 0 Å². The molecule has 0 radical (unpaired) electrons. The van der Waals surface area contributed by atoms with Gasteiger partial charge in [-0.25, -0.2) is 0 Å². The van der Waals surface area contributed by atoms with Gasteiger partial charge in [0, 0.05) is 0 Å². The minimum absolute atomic E-state index is 0.717. The van der Waals surface area contributed by atoms with Gasteiger partial charge >= 0.3 is 0 Å². The molecule has 0 unspecified atom stereocenters. The fourth-order valence-electron chi connectivity index (χ4n) is 7.39. The first-order chi connectivity index (χ1) is 17.7. The molecule has 0 N–H and O–H groups in total. The van der Waals surface area contributed by atoms with Gasteiger partial charge in [-0.05, 0) is 100 Å². The second-order valence-electron chi connectivity index (χ2n) is 11.9. The van der Waals surface area contributed by atoms with Crippen molar-refractivity contribution in [3.63, 3.8) is 0 Å². The van der Waals surface area contributed by atoms with E-state index < -0.39 is 0 Å². The zero-order chi connectivity index (χ0) is 24.3. The van der Waals surface area contributed by atoms with Crippen LogP contribution in [0.5, 0.6) is 0 Å². The molecule has 0 atom stereocenters. The Kier molecular flexibility index (Phi) is 7.13. The van der Waals surface area contributed by atoms with Crippen molar-refractivity contribution in [2.45, 2.75) is 95.8 Å². The van der Waals surface area contributed by atoms with Gasteiger partial charge in [0.2, 0.25) is 0 Å². The Hall–Kier alpha value is -2.60. The summed E-state index contributed by atoms with van der Waals surface area (Å²) in [5.41, 5.74) is 13.2. The van der Waals surface area contributed by atoms with E-state index in [-0.39, 0.29) is 0 Å². The predicted molar refractivity (Wildman–Crippen MR) is 155 cm³/mol. The summed E-state index contributed by atoms with van der Waals surface area (Å²) in [6, 6.07) is 16.4. The number of rotatable bonds is 7. The van der Waals surface area contributed by atoms with E-state index in [1.165, 1.54) is 110 Å². The van der Waals surface area contributed by atoms with Crippen LogP contribution in [0.4, 0.5) is 0 Å². The summed E-state index contributed by atoms with van der Waals surface area (Å²) in [5, 5.41) is 0. The van der Waals surface area contributed by atoms with Crippen LogP contribution >= 0.6 is 0 Å². The molecular formula is C36H42. The molecule has 36 heavy (non-hydrogen) atoms. The molecule has 2 aromatic carbocycles. The van der Waals surface area contributed by atoms with Gasteiger partial charge in [0.15, 0.2) is 0 Å². The molecule has 2 saturated carbocycles. The molecule has 0 heteroatoms. The maximum Gasteiger partial charge on any atom is -0.00137 e. The fraction of sp³-hybridized carbons (Fsp3) is 0.444. The Morgan fingerprint density at radius 2 is 1.61 bits per heavy atom. The molecule has 0 aromatic heterocycles. The molecule has 0 aliphatic heterocycles. The van der Waals surface area contributed by atoms with Gasteiger partial charge in [0.25, 0.3) is 0 Å². The highest BCUT2D eigenvalue weighted by atomic mass is 14.3. The summed E-state index contributed by atoms with van der Waals surface area (Å²) in [5.74, 6) is 1.62. The molecule has 0 amide bonds. The lowest BCUT2D eigenvalue weighted by molar-refractivity contribution is 0.356. The third kappa shape index (κ3) is 5.10. The van der Waals surface area contributed by atoms with Crippen LogP contribution in [0.3, 0.4) is 0 Å². The predicted octanol–water partition coefficient (Wildman–Crippen LogP) is 10.2. The van der Waals surface area contributed by atoms with Gasteiger partial charge in [-0.2, -0.15) is 0 Å². The highest BCUT2D eigenvalue weighted by Gasteiger charge is 2.24. The van der Waals surface area contributed by atoms with Gasteiger partial charge in [-0.15, -0.1) is 0 Å². The first kappa shape index (κ1) is 23.8. The van der Waals surface area contributed by atoms with Crippen LogP contribution in [0.25, 0.3) is 11.6 Å². The Labute approximate surface area is 218 Å². The van der Waals surface area contributed by atoms with Gasteiger partial charge < -0.3 is 0 Å². The highest BCUT2D eigenvalue weighted by molar-refractivity contribution is 5.76. The monoisotopic (exact) mass is 474 g/mol. The van der Waals surface area contributed by atoms with E-state index in [1.54, 1.807) is 11.1 Å². The molecular weight excluding hydrogens is 432 g/mol. The average Bonchev–Trinajstić information content (AvgIpc) is 3.56. The van der Waals surface area contributed by atoms with Crippen molar-refractivity contribution in [2.24, 2.45) is 5.92 Å². The van der Waals surface area contributed by atoms with E-state index in [1.807, 2.05) is 0 Å². The molecule has 2 aromatic rings. The minimum atomic E-state index is 0.717. The molecule has 0 heterocycles. The zero-order valence-electron chi connectivity index (χ0n) is 22.0. The summed E-state index contributed by atoms with van der Waals surface area (Å²) in [7, 11) is 0. The first-order valence-electron chi connectivity index (χ1n) is 14.7. The third-order valence-corrected chi connectivity index (χ3v) is 9.34. The summed E-state index contributed by atoms with van der Waals surface area (Å²) >= 11 is 0. The van der Waals surface area contributed by atoms with Crippen LogP contribution in [-0.4, -0.2) is 0 Å². The van der Waals surface area contributed by atoms with Crippen molar-refractivity contribution < 1.29 is 0 Å². The lowest BCUT2D eigenvalue weighted by atomic mass is 9.80. The van der Waals surface area contributed by atoms with Crippen molar-refractivity contribution in [3.8, 4) is 0 Å². The summed E-state index contributed by atoms with van der Waals surface area (Å²) in [6.07, 6.45) is 25.7. The molecule has 2 fully saturated rings. The summed E-state index contributed by atoms with van der Waals surface area (Å²) < 4.78 is 0. The number of hydrogen-bond donors (Lipinski definition) is 0. The smallest absolute Gasteiger partial charge is 0.00137 e. The average molecular weight is 475 g/mol. The molecule has 0 nitrogen and oxygen atoms in total. The van der Waals surface area contributed by atoms with E-state index in [2.05, 4.69) is 67.3 Å². The molecule has 4 aliphatic carbocycles. The lowest BCUT2D eigenvalue weighted by Gasteiger charge is -2.25. The number of allylic oxidation sites excluding steroid dienone is 6. The molecule has 0 saturated heterocycles. The Morgan fingerprint density at radius 3 is 2.44 bits per heavy atom. The minimum Gasteiger partial charge on any atom is -0.0949 e. The third-order valence-electron chi connectivity index (χ3n) is 9.34. The summed E-state index contributed by atoms with van der Waals surface area (Å²) in [6.45, 7) is 4.62. The Bertz CT molecular complexity index is 1200. The van der Waals surface area contributed by atoms with Crippen molar-refractivity contribution in [1.29, 1.82) is 0 Å². The largest absolute Gasteiger partial charge is 0.0949 e. The molecule has 0 spiro atoms. The van der Waals surface area contributed by atoms with E-state index in [0.717, 1.165) is 25.2 Å². The molecule has 186 valence electrons. The SMILES string of the molecule is C=C(CC1=CCC=C1C1=Cc2cc(CC3CCCCC3)ccc2C1)c1ccccc1C1CCCCC1. The van der Waals surface area contributed by atoms with Gasteiger partial charge in [-0.1, -0.05) is 119 Å². The number of benzene rings is 2. The van der Waals surface area contributed by atoms with E-state index in [4.69, 9.17) is 0 Å². The number of fused-ring (bicyclic) bond motifs is 1. The second kappa shape index (κ2) is 10.8. The van der Waals surface area contributed by atoms with Crippen LogP contribution in [-0.2, 0) is 12.8 Å². The first-order valence-corrected chi connectivity index (χ1v) is 14.7. The molecule has 0 bridgehead atoms. The Balaban J connectivity index is 1.16. The van der Waals surface area contributed by atoms with Crippen molar-refractivity contribution in [2.75, 3.05) is 0 Å². The quantitative estimate of drug-likeness (QED) is 0.374. The van der Waals surface area contributed by atoms with Crippen LogP contribution in [0.15, 0.2) is 77.9 Å². The van der Waals surface area contributed by atoms with E-state index in [0.29, 0.717) is 5.92 Å². The van der Waals surface area contributed by atoms with Crippen molar-refractivity contribution >= 4 is 11.6 Å². The Morgan fingerprint density at radius 1 is 0.833 bits per heavy atom. The lowest BCUT2D eigenvalue weighted by Crippen LogP contribution is -2.09. The van der Waals surface area contributed by atoms with Gasteiger partial charge in [-0.3, -0.25) is 0 Å². The standard InChI is InChI=1S/C36H42/c1-26(34-16-8-9-17-36(34)29-13-6-3-7-14-29)21-31-15-10-18-35(31)33-24-30-20-19-28(23-32(30)25-33)22-27-11-4-2-5-12-27/h8-9,15-20,23,25,27,29H,1-7,10-14,21-22,24H2. The van der Waals surface area contributed by atoms with Crippen LogP contribution < -0.4 is 0 Å². The van der Waals surface area contributed by atoms with Crippen LogP contribution in [0.1, 0.15) is 111 Å². The maximum absolute atomic E-state index is 4.62. The summed E-state index contributed by atoms with van der Waals surface area (Å²) in [4.78, 5) is 0. The normalized spacial score (nSPS) is 20.6. The van der Waals surface area contributed by atoms with Crippen LogP contribution in [0.2, 0.25) is 0 Å². The van der Waals surface area contributed by atoms with Crippen LogP contribution in [0, 0.1) is 5.92 Å². The van der Waals surface area contributed by atoms with E-state index >= 15 is 0 Å². The second-order valence-corrected chi connectivity index (χ2v) is 11.9. The number of hydrogen-bond acceptors (Lipinski definition) is 0. The fourth-order valence-corrected chi connectivity index (χ4v) is 7.39.